The normalized spacial score (nSPS) is 18.4. The Labute approximate surface area is 274 Å². The largest absolute Gasteiger partial charge is 0.436 e. The third-order valence-electron chi connectivity index (χ3n) is 10.0. The van der Waals surface area contributed by atoms with E-state index in [4.69, 9.17) is 4.74 Å². The van der Waals surface area contributed by atoms with E-state index >= 15 is 0 Å². The minimum absolute atomic E-state index is 0.0251. The Morgan fingerprint density at radius 3 is 2.49 bits per heavy atom. The lowest BCUT2D eigenvalue weighted by atomic mass is 9.90. The molecule has 5 heterocycles. The molecule has 0 bridgehead atoms. The molecule has 2 aromatic carbocycles. The number of aromatic amines is 1. The van der Waals surface area contributed by atoms with Crippen LogP contribution in [-0.4, -0.2) is 92.8 Å². The van der Waals surface area contributed by atoms with Crippen molar-refractivity contribution in [3.8, 4) is 0 Å². The highest BCUT2D eigenvalue weighted by Gasteiger charge is 2.35. The van der Waals surface area contributed by atoms with Gasteiger partial charge in [-0.2, -0.15) is 5.10 Å². The van der Waals surface area contributed by atoms with E-state index in [1.54, 1.807) is 11.1 Å². The van der Waals surface area contributed by atoms with Crippen LogP contribution in [0.2, 0.25) is 0 Å². The molecule has 0 unspecified atom stereocenters. The summed E-state index contributed by atoms with van der Waals surface area (Å²) in [5, 5.41) is 11.2. The Morgan fingerprint density at radius 2 is 1.70 bits per heavy atom. The van der Waals surface area contributed by atoms with Gasteiger partial charge in [-0.25, -0.2) is 9.59 Å². The van der Waals surface area contributed by atoms with E-state index in [0.29, 0.717) is 51.5 Å². The highest BCUT2D eigenvalue weighted by Crippen LogP contribution is 2.29. The van der Waals surface area contributed by atoms with E-state index in [1.165, 1.54) is 5.56 Å². The fourth-order valence-electron chi connectivity index (χ4n) is 7.39. The van der Waals surface area contributed by atoms with Gasteiger partial charge in [0.1, 0.15) is 0 Å². The Kier molecular flexibility index (Phi) is 8.78. The highest BCUT2D eigenvalue weighted by atomic mass is 16.6. The average molecular weight is 636 g/mol. The summed E-state index contributed by atoms with van der Waals surface area (Å²) in [6, 6.07) is 16.0. The van der Waals surface area contributed by atoms with Crippen molar-refractivity contribution in [3.63, 3.8) is 0 Å². The lowest BCUT2D eigenvalue weighted by Gasteiger charge is -2.38. The van der Waals surface area contributed by atoms with Gasteiger partial charge in [-0.1, -0.05) is 24.3 Å². The first-order valence-electron chi connectivity index (χ1n) is 16.7. The molecule has 0 aliphatic carbocycles. The number of piperidine rings is 2. The van der Waals surface area contributed by atoms with Crippen LogP contribution in [0.5, 0.6) is 0 Å². The maximum absolute atomic E-state index is 14.0. The summed E-state index contributed by atoms with van der Waals surface area (Å²) in [4.78, 5) is 50.3. The van der Waals surface area contributed by atoms with E-state index in [1.807, 2.05) is 77.6 Å². The lowest BCUT2D eigenvalue weighted by Crippen LogP contribution is -2.51. The molecule has 11 heteroatoms. The molecule has 2 N–H and O–H groups in total. The topological polar surface area (TPSA) is 124 Å². The summed E-state index contributed by atoms with van der Waals surface area (Å²) in [7, 11) is 0. The predicted molar refractivity (Wildman–Crippen MR) is 178 cm³/mol. The first-order valence-corrected chi connectivity index (χ1v) is 16.7. The maximum atomic E-state index is 14.0. The van der Waals surface area contributed by atoms with Crippen LogP contribution in [0.3, 0.4) is 0 Å². The van der Waals surface area contributed by atoms with Gasteiger partial charge in [-0.05, 0) is 91.5 Å². The quantitative estimate of drug-likeness (QED) is 0.297. The highest BCUT2D eigenvalue weighted by molar-refractivity contribution is 5.91. The molecule has 7 rings (SSSR count). The second-order valence-corrected chi connectivity index (χ2v) is 13.0. The smallest absolute Gasteiger partial charge is 0.410 e. The number of anilines is 1. The minimum Gasteiger partial charge on any atom is -0.436 e. The number of ether oxygens (including phenoxy) is 1. The molecular formula is C36H41N7O4. The number of pyridine rings is 1. The van der Waals surface area contributed by atoms with Crippen LogP contribution in [0.4, 0.5) is 15.3 Å². The molecule has 2 saturated heterocycles. The summed E-state index contributed by atoms with van der Waals surface area (Å²) in [6.45, 7) is 4.76. The van der Waals surface area contributed by atoms with Crippen molar-refractivity contribution >= 4 is 34.6 Å². The molecule has 3 aliphatic rings. The Morgan fingerprint density at radius 1 is 0.957 bits per heavy atom. The first-order chi connectivity index (χ1) is 22.9. The summed E-state index contributed by atoms with van der Waals surface area (Å²) >= 11 is 0. The summed E-state index contributed by atoms with van der Waals surface area (Å²) in [5.41, 5.74) is 6.12. The third kappa shape index (κ3) is 6.65. The van der Waals surface area contributed by atoms with Gasteiger partial charge in [0.25, 0.3) is 5.91 Å². The van der Waals surface area contributed by atoms with Gasteiger partial charge < -0.3 is 24.8 Å². The summed E-state index contributed by atoms with van der Waals surface area (Å²) in [6.07, 6.45) is 8.01. The number of carbonyl (C=O) groups excluding carboxylic acids is 3. The van der Waals surface area contributed by atoms with Crippen molar-refractivity contribution in [3.05, 3.63) is 89.4 Å². The van der Waals surface area contributed by atoms with Crippen LogP contribution in [-0.2, 0) is 22.4 Å². The van der Waals surface area contributed by atoms with Crippen molar-refractivity contribution in [2.75, 3.05) is 38.0 Å². The molecule has 1 atom stereocenters. The van der Waals surface area contributed by atoms with Crippen LogP contribution in [0.15, 0.2) is 67.1 Å². The van der Waals surface area contributed by atoms with Gasteiger partial charge in [-0.3, -0.25) is 14.9 Å². The number of benzene rings is 2. The van der Waals surface area contributed by atoms with Crippen molar-refractivity contribution in [2.45, 2.75) is 63.5 Å². The molecule has 2 fully saturated rings. The fourth-order valence-corrected chi connectivity index (χ4v) is 7.39. The Balaban J connectivity index is 1.01. The van der Waals surface area contributed by atoms with Crippen LogP contribution < -0.4 is 5.32 Å². The number of carbonyl (C=O) groups is 3. The van der Waals surface area contributed by atoms with Crippen molar-refractivity contribution in [1.29, 1.82) is 0 Å². The number of amides is 4. The van der Waals surface area contributed by atoms with Gasteiger partial charge >= 0.3 is 12.1 Å². The molecular weight excluding hydrogens is 594 g/mol. The van der Waals surface area contributed by atoms with Gasteiger partial charge in [-0.15, -0.1) is 0 Å². The fraction of sp³-hybridized carbons (Fsp3) is 0.417. The molecule has 11 nitrogen and oxygen atoms in total. The van der Waals surface area contributed by atoms with E-state index in [-0.39, 0.29) is 24.4 Å². The van der Waals surface area contributed by atoms with E-state index in [0.717, 1.165) is 52.5 Å². The summed E-state index contributed by atoms with van der Waals surface area (Å²) < 4.78 is 6.09. The summed E-state index contributed by atoms with van der Waals surface area (Å²) in [5.74, 6) is 0.211. The number of fused-ring (bicyclic) bond motifs is 2. The third-order valence-corrected chi connectivity index (χ3v) is 10.0. The van der Waals surface area contributed by atoms with E-state index in [9.17, 15) is 14.4 Å². The lowest BCUT2D eigenvalue weighted by molar-refractivity contribution is -0.142. The average Bonchev–Trinajstić information content (AvgIpc) is 3.52. The van der Waals surface area contributed by atoms with Crippen molar-refractivity contribution in [2.24, 2.45) is 0 Å². The number of H-pyrrole nitrogens is 1. The SMILES string of the molecule is Cc1cc(C[C@@H](OC(=O)N2CCC(N3CCc4ccccc4NC3=O)CC2)C(=O)N2CCC(c3ccncc3)CC2)cc2cn[nH]c12. The van der Waals surface area contributed by atoms with Crippen LogP contribution >= 0.6 is 0 Å². The standard InChI is InChI=1S/C36H41N7O4/c1-24-20-25(21-29-23-38-40-33(24)29)22-32(34(44)41-15-8-27(9-16-41)26-6-13-37-14-7-26)47-36(46)42-17-11-30(12-18-42)43-19-10-28-4-2-3-5-31(28)39-35(43)45/h2-7,13-14,20-21,23,27,30,32H,8-12,15-19,22H2,1H3,(H,38,40)(H,39,45)/t32-/m1/s1. The minimum atomic E-state index is -0.948. The zero-order chi connectivity index (χ0) is 32.3. The zero-order valence-corrected chi connectivity index (χ0v) is 26.7. The Bertz CT molecular complexity index is 1740. The molecule has 244 valence electrons. The zero-order valence-electron chi connectivity index (χ0n) is 26.7. The second kappa shape index (κ2) is 13.4. The first kappa shape index (κ1) is 30.7. The number of hydrogen-bond donors (Lipinski definition) is 2. The molecule has 0 spiro atoms. The van der Waals surface area contributed by atoms with Crippen molar-refractivity contribution in [1.82, 2.24) is 29.9 Å². The molecule has 2 aromatic heterocycles. The predicted octanol–water partition coefficient (Wildman–Crippen LogP) is 5.27. The van der Waals surface area contributed by atoms with E-state index < -0.39 is 12.2 Å². The number of aromatic nitrogens is 3. The number of para-hydroxylation sites is 1. The van der Waals surface area contributed by atoms with Crippen molar-refractivity contribution < 1.29 is 19.1 Å². The van der Waals surface area contributed by atoms with Crippen LogP contribution in [0.25, 0.3) is 10.9 Å². The van der Waals surface area contributed by atoms with Gasteiger partial charge in [0.2, 0.25) is 0 Å². The number of nitrogens with zero attached hydrogens (tertiary/aromatic N) is 5. The molecule has 4 aromatic rings. The molecule has 3 aliphatic heterocycles. The number of hydrogen-bond acceptors (Lipinski definition) is 6. The maximum Gasteiger partial charge on any atom is 0.410 e. The van der Waals surface area contributed by atoms with Crippen LogP contribution in [0, 0.1) is 6.92 Å². The molecule has 4 amide bonds. The number of rotatable bonds is 6. The van der Waals surface area contributed by atoms with E-state index in [2.05, 4.69) is 20.5 Å². The monoisotopic (exact) mass is 635 g/mol. The second-order valence-electron chi connectivity index (χ2n) is 13.0. The molecule has 0 saturated carbocycles. The number of nitrogens with one attached hydrogen (secondary N) is 2. The van der Waals surface area contributed by atoms with Gasteiger partial charge in [0, 0.05) is 68.7 Å². The number of aryl methyl sites for hydroxylation is 1. The number of likely N-dealkylation sites (tertiary alicyclic amines) is 2. The number of urea groups is 1. The van der Waals surface area contributed by atoms with Crippen LogP contribution in [0.1, 0.15) is 53.9 Å². The van der Waals surface area contributed by atoms with Gasteiger partial charge in [0.05, 0.1) is 11.7 Å². The van der Waals surface area contributed by atoms with Gasteiger partial charge in [0.15, 0.2) is 6.10 Å². The molecule has 0 radical (unpaired) electrons. The molecule has 47 heavy (non-hydrogen) atoms. The Hall–Kier alpha value is -4.93.